The molecule has 5 heteroatoms. The van der Waals surface area contributed by atoms with Gasteiger partial charge in [0.15, 0.2) is 5.96 Å². The van der Waals surface area contributed by atoms with Crippen LogP contribution in [0.3, 0.4) is 0 Å². The number of rotatable bonds is 7. The fourth-order valence-electron chi connectivity index (χ4n) is 2.16. The Bertz CT molecular complexity index is 451. The van der Waals surface area contributed by atoms with Crippen molar-refractivity contribution in [3.8, 4) is 0 Å². The molecule has 0 spiro atoms. The molecule has 2 unspecified atom stereocenters. The molecular weight excluding hydrogens is 389 g/mol. The first-order valence-electron chi connectivity index (χ1n) is 7.67. The van der Waals surface area contributed by atoms with Crippen LogP contribution in [-0.2, 0) is 4.74 Å². The third-order valence-electron chi connectivity index (χ3n) is 3.28. The number of aliphatic imine (C=N–C) groups is 1. The zero-order chi connectivity index (χ0) is 15.7. The van der Waals surface area contributed by atoms with Gasteiger partial charge >= 0.3 is 0 Å². The van der Waals surface area contributed by atoms with E-state index in [1.54, 1.807) is 7.11 Å². The van der Waals surface area contributed by atoms with Crippen LogP contribution < -0.4 is 10.6 Å². The van der Waals surface area contributed by atoms with Gasteiger partial charge in [-0.15, -0.1) is 24.0 Å². The second-order valence-corrected chi connectivity index (χ2v) is 5.54. The number of hydrogen-bond acceptors (Lipinski definition) is 2. The first-order chi connectivity index (χ1) is 10.1. The van der Waals surface area contributed by atoms with Crippen LogP contribution >= 0.6 is 24.0 Å². The van der Waals surface area contributed by atoms with Gasteiger partial charge in [-0.3, -0.25) is 4.99 Å². The monoisotopic (exact) mass is 419 g/mol. The Kier molecular flexibility index (Phi) is 11.3. The molecule has 4 nitrogen and oxygen atoms in total. The SMILES string of the molecule is CCNC(=NCC(C)c1cccc(C)c1)NC(C)COC.I. The van der Waals surface area contributed by atoms with Crippen molar-refractivity contribution in [3.63, 3.8) is 0 Å². The molecule has 0 aromatic heterocycles. The third-order valence-corrected chi connectivity index (χ3v) is 3.28. The first-order valence-corrected chi connectivity index (χ1v) is 7.67. The molecule has 22 heavy (non-hydrogen) atoms. The fourth-order valence-corrected chi connectivity index (χ4v) is 2.16. The van der Waals surface area contributed by atoms with Gasteiger partial charge in [-0.25, -0.2) is 0 Å². The molecule has 1 aromatic rings. The van der Waals surface area contributed by atoms with Gasteiger partial charge in [0, 0.05) is 32.2 Å². The number of methoxy groups -OCH3 is 1. The van der Waals surface area contributed by atoms with Crippen LogP contribution in [0.2, 0.25) is 0 Å². The lowest BCUT2D eigenvalue weighted by molar-refractivity contribution is 0.179. The first kappa shape index (κ1) is 21.2. The van der Waals surface area contributed by atoms with Crippen LogP contribution in [0.25, 0.3) is 0 Å². The quantitative estimate of drug-likeness (QED) is 0.405. The fraction of sp³-hybridized carbons (Fsp3) is 0.588. The van der Waals surface area contributed by atoms with Gasteiger partial charge in [0.1, 0.15) is 0 Å². The molecule has 126 valence electrons. The molecule has 0 heterocycles. The summed E-state index contributed by atoms with van der Waals surface area (Å²) in [5, 5.41) is 6.62. The summed E-state index contributed by atoms with van der Waals surface area (Å²) in [6.07, 6.45) is 0. The molecule has 0 amide bonds. The Morgan fingerprint density at radius 3 is 2.64 bits per heavy atom. The summed E-state index contributed by atoms with van der Waals surface area (Å²) in [5.41, 5.74) is 2.63. The molecule has 0 bridgehead atoms. The lowest BCUT2D eigenvalue weighted by Gasteiger charge is -2.18. The van der Waals surface area contributed by atoms with Crippen LogP contribution in [0, 0.1) is 6.92 Å². The highest BCUT2D eigenvalue weighted by Crippen LogP contribution is 2.16. The van der Waals surface area contributed by atoms with Gasteiger partial charge in [-0.1, -0.05) is 36.8 Å². The van der Waals surface area contributed by atoms with Crippen molar-refractivity contribution in [3.05, 3.63) is 35.4 Å². The maximum Gasteiger partial charge on any atom is 0.191 e. The number of nitrogens with one attached hydrogen (secondary N) is 2. The summed E-state index contributed by atoms with van der Waals surface area (Å²) in [6.45, 7) is 10.8. The molecule has 2 N–H and O–H groups in total. The largest absolute Gasteiger partial charge is 0.383 e. The molecule has 0 aliphatic carbocycles. The predicted molar refractivity (Wildman–Crippen MR) is 105 cm³/mol. The van der Waals surface area contributed by atoms with Gasteiger partial charge in [0.25, 0.3) is 0 Å². The van der Waals surface area contributed by atoms with E-state index >= 15 is 0 Å². The normalized spacial score (nSPS) is 14.0. The number of benzene rings is 1. The Balaban J connectivity index is 0.00000441. The minimum atomic E-state index is 0. The van der Waals surface area contributed by atoms with Crippen molar-refractivity contribution in [1.29, 1.82) is 0 Å². The Hall–Kier alpha value is -0.820. The van der Waals surface area contributed by atoms with E-state index in [1.807, 2.05) is 0 Å². The van der Waals surface area contributed by atoms with E-state index in [4.69, 9.17) is 4.74 Å². The maximum absolute atomic E-state index is 5.15. The highest BCUT2D eigenvalue weighted by molar-refractivity contribution is 14.0. The van der Waals surface area contributed by atoms with Crippen molar-refractivity contribution in [2.24, 2.45) is 4.99 Å². The molecular formula is C17H30IN3O. The molecule has 0 aliphatic heterocycles. The highest BCUT2D eigenvalue weighted by Gasteiger charge is 2.07. The second kappa shape index (κ2) is 11.7. The maximum atomic E-state index is 5.15. The van der Waals surface area contributed by atoms with Gasteiger partial charge in [-0.05, 0) is 26.3 Å². The summed E-state index contributed by atoms with van der Waals surface area (Å²) in [4.78, 5) is 4.68. The summed E-state index contributed by atoms with van der Waals surface area (Å²) in [7, 11) is 1.71. The van der Waals surface area contributed by atoms with Crippen LogP contribution in [-0.4, -0.2) is 38.8 Å². The molecule has 0 saturated carbocycles. The van der Waals surface area contributed by atoms with Gasteiger partial charge in [0.05, 0.1) is 6.61 Å². The van der Waals surface area contributed by atoms with E-state index in [0.29, 0.717) is 12.5 Å². The highest BCUT2D eigenvalue weighted by atomic mass is 127. The van der Waals surface area contributed by atoms with Crippen molar-refractivity contribution in [2.45, 2.75) is 39.7 Å². The smallest absolute Gasteiger partial charge is 0.191 e. The lowest BCUT2D eigenvalue weighted by Crippen LogP contribution is -2.44. The van der Waals surface area contributed by atoms with Crippen molar-refractivity contribution in [2.75, 3.05) is 26.8 Å². The Morgan fingerprint density at radius 1 is 1.32 bits per heavy atom. The standard InChI is InChI=1S/C17H29N3O.HI/c1-6-18-17(20-15(4)12-21-5)19-11-14(3)16-9-7-8-13(2)10-16;/h7-10,14-15H,6,11-12H2,1-5H3,(H2,18,19,20);1H. The number of halogens is 1. The summed E-state index contributed by atoms with van der Waals surface area (Å²) >= 11 is 0. The molecule has 2 atom stereocenters. The van der Waals surface area contributed by atoms with E-state index in [1.165, 1.54) is 11.1 Å². The number of guanidine groups is 1. The minimum absolute atomic E-state index is 0. The van der Waals surface area contributed by atoms with Gasteiger partial charge in [-0.2, -0.15) is 0 Å². The van der Waals surface area contributed by atoms with Crippen molar-refractivity contribution >= 4 is 29.9 Å². The molecule has 1 aromatic carbocycles. The topological polar surface area (TPSA) is 45.7 Å². The van der Waals surface area contributed by atoms with E-state index in [2.05, 4.69) is 67.6 Å². The van der Waals surface area contributed by atoms with E-state index in [-0.39, 0.29) is 30.0 Å². The van der Waals surface area contributed by atoms with Crippen molar-refractivity contribution < 1.29 is 4.74 Å². The molecule has 0 fully saturated rings. The Morgan fingerprint density at radius 2 is 2.05 bits per heavy atom. The van der Waals surface area contributed by atoms with E-state index < -0.39 is 0 Å². The van der Waals surface area contributed by atoms with E-state index in [0.717, 1.165) is 19.0 Å². The van der Waals surface area contributed by atoms with Crippen LogP contribution in [0.1, 0.15) is 37.8 Å². The van der Waals surface area contributed by atoms with Crippen LogP contribution in [0.15, 0.2) is 29.3 Å². The van der Waals surface area contributed by atoms with Crippen molar-refractivity contribution in [1.82, 2.24) is 10.6 Å². The van der Waals surface area contributed by atoms with Crippen LogP contribution in [0.4, 0.5) is 0 Å². The number of aryl methyl sites for hydroxylation is 1. The molecule has 0 saturated heterocycles. The molecule has 1 rings (SSSR count). The average molecular weight is 419 g/mol. The Labute approximate surface area is 152 Å². The zero-order valence-electron chi connectivity index (χ0n) is 14.3. The van der Waals surface area contributed by atoms with Gasteiger partial charge in [0.2, 0.25) is 0 Å². The third kappa shape index (κ3) is 7.98. The second-order valence-electron chi connectivity index (χ2n) is 5.54. The average Bonchev–Trinajstić information content (AvgIpc) is 2.45. The summed E-state index contributed by atoms with van der Waals surface area (Å²) in [5.74, 6) is 1.25. The van der Waals surface area contributed by atoms with Gasteiger partial charge < -0.3 is 15.4 Å². The number of hydrogen-bond donors (Lipinski definition) is 2. The zero-order valence-corrected chi connectivity index (χ0v) is 16.7. The number of ether oxygens (including phenoxy) is 1. The minimum Gasteiger partial charge on any atom is -0.383 e. The van der Waals surface area contributed by atoms with E-state index in [9.17, 15) is 0 Å². The lowest BCUT2D eigenvalue weighted by atomic mass is 10.00. The molecule has 0 radical (unpaired) electrons. The predicted octanol–water partition coefficient (Wildman–Crippen LogP) is 3.31. The summed E-state index contributed by atoms with van der Waals surface area (Å²) in [6, 6.07) is 8.86. The summed E-state index contributed by atoms with van der Waals surface area (Å²) < 4.78 is 5.15. The number of nitrogens with zero attached hydrogens (tertiary/aromatic N) is 1. The van der Waals surface area contributed by atoms with Crippen LogP contribution in [0.5, 0.6) is 0 Å². The molecule has 0 aliphatic rings.